The third-order valence-electron chi connectivity index (χ3n) is 6.55. The number of hydrogen-bond acceptors (Lipinski definition) is 4. The van der Waals surface area contributed by atoms with E-state index in [1.807, 2.05) is 59.5 Å². The van der Waals surface area contributed by atoms with Crippen molar-refractivity contribution < 1.29 is 19.1 Å². The van der Waals surface area contributed by atoms with Crippen molar-refractivity contribution in [2.24, 2.45) is 5.92 Å². The summed E-state index contributed by atoms with van der Waals surface area (Å²) in [4.78, 5) is 41.3. The Bertz CT molecular complexity index is 991. The molecule has 7 nitrogen and oxygen atoms in total. The lowest BCUT2D eigenvalue weighted by molar-refractivity contribution is -0.142. The largest absolute Gasteiger partial charge is 0.445 e. The number of likely N-dealkylation sites (tertiary alicyclic amines) is 2. The molecule has 180 valence electrons. The molecule has 0 saturated carbocycles. The first-order valence-corrected chi connectivity index (χ1v) is 12.6. The zero-order valence-corrected chi connectivity index (χ0v) is 20.7. The molecule has 2 saturated heterocycles. The molecule has 1 atom stereocenters. The number of ether oxygens (including phenoxy) is 1. The number of carbonyl (C=O) groups is 3. The van der Waals surface area contributed by atoms with Gasteiger partial charge in [0.25, 0.3) is 0 Å². The van der Waals surface area contributed by atoms with E-state index >= 15 is 0 Å². The highest BCUT2D eigenvalue weighted by Crippen LogP contribution is 2.26. The van der Waals surface area contributed by atoms with Crippen molar-refractivity contribution in [3.8, 4) is 0 Å². The van der Waals surface area contributed by atoms with Crippen LogP contribution < -0.4 is 5.32 Å². The van der Waals surface area contributed by atoms with Gasteiger partial charge >= 0.3 is 6.09 Å². The van der Waals surface area contributed by atoms with Crippen molar-refractivity contribution in [3.05, 3.63) is 70.2 Å². The quantitative estimate of drug-likeness (QED) is 0.587. The van der Waals surface area contributed by atoms with Crippen LogP contribution in [-0.4, -0.2) is 53.4 Å². The molecule has 0 aromatic heterocycles. The van der Waals surface area contributed by atoms with Crippen LogP contribution in [-0.2, 0) is 27.5 Å². The van der Waals surface area contributed by atoms with Gasteiger partial charge in [0.1, 0.15) is 12.6 Å². The molecular formula is C26H30BrN3O4. The summed E-state index contributed by atoms with van der Waals surface area (Å²) < 4.78 is 6.25. The highest BCUT2D eigenvalue weighted by Gasteiger charge is 2.39. The summed E-state index contributed by atoms with van der Waals surface area (Å²) in [6, 6.07) is 17.0. The summed E-state index contributed by atoms with van der Waals surface area (Å²) in [5.74, 6) is 0.378. The van der Waals surface area contributed by atoms with Gasteiger partial charge in [0.05, 0.1) is 0 Å². The van der Waals surface area contributed by atoms with Crippen molar-refractivity contribution in [2.75, 3.05) is 19.6 Å². The number of carbonyl (C=O) groups excluding carboxylic acids is 3. The molecule has 2 aliphatic heterocycles. The highest BCUT2D eigenvalue weighted by atomic mass is 79.9. The predicted octanol–water partition coefficient (Wildman–Crippen LogP) is 4.11. The Labute approximate surface area is 208 Å². The van der Waals surface area contributed by atoms with Gasteiger partial charge in [-0.15, -0.1) is 0 Å². The van der Waals surface area contributed by atoms with Crippen molar-refractivity contribution >= 4 is 33.8 Å². The monoisotopic (exact) mass is 527 g/mol. The van der Waals surface area contributed by atoms with Crippen LogP contribution in [0.1, 0.15) is 36.8 Å². The molecule has 2 aliphatic rings. The number of alkyl carbamates (subject to hydrolysis) is 1. The molecule has 0 spiro atoms. The standard InChI is InChI=1S/C26H30BrN3O4/c27-22-8-6-20(7-9-22)17-30-23(10-11-24(30)31)25(32)29-14-12-19(13-15-29)16-28-26(33)34-18-21-4-2-1-3-5-21/h1-9,19,23H,10-18H2,(H,28,33)/t23-/m0/s1. The Balaban J connectivity index is 1.21. The Morgan fingerprint density at radius 3 is 2.38 bits per heavy atom. The van der Waals surface area contributed by atoms with Gasteiger partial charge in [0.15, 0.2) is 0 Å². The second-order valence-corrected chi connectivity index (χ2v) is 9.83. The number of rotatable bonds is 7. The normalized spacial score (nSPS) is 18.7. The summed E-state index contributed by atoms with van der Waals surface area (Å²) in [7, 11) is 0. The summed E-state index contributed by atoms with van der Waals surface area (Å²) in [5, 5.41) is 2.85. The molecule has 3 amide bonds. The van der Waals surface area contributed by atoms with E-state index in [9.17, 15) is 14.4 Å². The van der Waals surface area contributed by atoms with E-state index in [0.717, 1.165) is 28.4 Å². The first-order chi connectivity index (χ1) is 16.5. The minimum Gasteiger partial charge on any atom is -0.445 e. The number of hydrogen-bond donors (Lipinski definition) is 1. The van der Waals surface area contributed by atoms with Crippen LogP contribution in [0.4, 0.5) is 4.79 Å². The van der Waals surface area contributed by atoms with Crippen LogP contribution in [0.5, 0.6) is 0 Å². The summed E-state index contributed by atoms with van der Waals surface area (Å²) in [6.45, 7) is 2.51. The van der Waals surface area contributed by atoms with Crippen molar-refractivity contribution in [1.82, 2.24) is 15.1 Å². The van der Waals surface area contributed by atoms with Crippen LogP contribution in [0, 0.1) is 5.92 Å². The van der Waals surface area contributed by atoms with E-state index in [1.54, 1.807) is 4.90 Å². The Morgan fingerprint density at radius 2 is 1.68 bits per heavy atom. The minimum atomic E-state index is -0.421. The first-order valence-electron chi connectivity index (χ1n) is 11.8. The fraction of sp³-hybridized carbons (Fsp3) is 0.423. The zero-order valence-electron chi connectivity index (χ0n) is 19.1. The molecule has 1 N–H and O–H groups in total. The topological polar surface area (TPSA) is 79.0 Å². The molecule has 2 fully saturated rings. The SMILES string of the molecule is O=C(NCC1CCN(C(=O)[C@@H]2CCC(=O)N2Cc2ccc(Br)cc2)CC1)OCc1ccccc1. The molecule has 34 heavy (non-hydrogen) atoms. The fourth-order valence-corrected chi connectivity index (χ4v) is 4.81. The van der Waals surface area contributed by atoms with Gasteiger partial charge in [-0.1, -0.05) is 58.4 Å². The second kappa shape index (κ2) is 11.5. The average Bonchev–Trinajstić information content (AvgIpc) is 3.23. The Kier molecular flexibility index (Phi) is 8.21. The second-order valence-electron chi connectivity index (χ2n) is 8.91. The van der Waals surface area contributed by atoms with E-state index in [1.165, 1.54) is 0 Å². The van der Waals surface area contributed by atoms with Gasteiger partial charge in [0, 0.05) is 37.1 Å². The number of nitrogens with one attached hydrogen (secondary N) is 1. The van der Waals surface area contributed by atoms with Gasteiger partial charge in [-0.25, -0.2) is 4.79 Å². The molecule has 0 radical (unpaired) electrons. The van der Waals surface area contributed by atoms with Crippen LogP contribution in [0.25, 0.3) is 0 Å². The first kappa shape index (κ1) is 24.3. The predicted molar refractivity (Wildman–Crippen MR) is 132 cm³/mol. The summed E-state index contributed by atoms with van der Waals surface area (Å²) >= 11 is 3.43. The van der Waals surface area contributed by atoms with Crippen molar-refractivity contribution in [3.63, 3.8) is 0 Å². The molecular weight excluding hydrogens is 498 g/mol. The lowest BCUT2D eigenvalue weighted by Gasteiger charge is -2.35. The van der Waals surface area contributed by atoms with Gasteiger partial charge in [-0.05, 0) is 48.4 Å². The van der Waals surface area contributed by atoms with Gasteiger partial charge in [0.2, 0.25) is 11.8 Å². The Morgan fingerprint density at radius 1 is 0.971 bits per heavy atom. The lowest BCUT2D eigenvalue weighted by atomic mass is 9.96. The molecule has 0 aliphatic carbocycles. The lowest BCUT2D eigenvalue weighted by Crippen LogP contribution is -2.49. The van der Waals surface area contributed by atoms with Gasteiger partial charge < -0.3 is 19.9 Å². The van der Waals surface area contributed by atoms with Crippen LogP contribution in [0.3, 0.4) is 0 Å². The molecule has 2 heterocycles. The van der Waals surface area contributed by atoms with E-state index in [-0.39, 0.29) is 18.4 Å². The molecule has 8 heteroatoms. The van der Waals surface area contributed by atoms with E-state index < -0.39 is 12.1 Å². The van der Waals surface area contributed by atoms with E-state index in [2.05, 4.69) is 21.2 Å². The van der Waals surface area contributed by atoms with E-state index in [0.29, 0.717) is 44.9 Å². The number of piperidine rings is 1. The number of amides is 3. The van der Waals surface area contributed by atoms with Gasteiger partial charge in [-0.2, -0.15) is 0 Å². The van der Waals surface area contributed by atoms with Crippen LogP contribution in [0.2, 0.25) is 0 Å². The molecule has 2 aromatic rings. The number of benzene rings is 2. The maximum absolute atomic E-state index is 13.2. The van der Waals surface area contributed by atoms with Crippen molar-refractivity contribution in [1.29, 1.82) is 0 Å². The maximum Gasteiger partial charge on any atom is 0.407 e. The van der Waals surface area contributed by atoms with Gasteiger partial charge in [-0.3, -0.25) is 9.59 Å². The third-order valence-corrected chi connectivity index (χ3v) is 7.08. The molecule has 0 unspecified atom stereocenters. The maximum atomic E-state index is 13.2. The highest BCUT2D eigenvalue weighted by molar-refractivity contribution is 9.10. The fourth-order valence-electron chi connectivity index (χ4n) is 4.55. The van der Waals surface area contributed by atoms with E-state index in [4.69, 9.17) is 4.74 Å². The van der Waals surface area contributed by atoms with Crippen molar-refractivity contribution in [2.45, 2.75) is 44.9 Å². The van der Waals surface area contributed by atoms with Crippen LogP contribution in [0.15, 0.2) is 59.1 Å². The summed E-state index contributed by atoms with van der Waals surface area (Å²) in [5.41, 5.74) is 1.96. The number of nitrogens with zero attached hydrogens (tertiary/aromatic N) is 2. The zero-order chi connectivity index (χ0) is 23.9. The molecule has 2 aromatic carbocycles. The third kappa shape index (κ3) is 6.38. The van der Waals surface area contributed by atoms with Crippen LogP contribution >= 0.6 is 15.9 Å². The minimum absolute atomic E-state index is 0.0365. The smallest absolute Gasteiger partial charge is 0.407 e. The average molecular weight is 528 g/mol. The Hall–Kier alpha value is -2.87. The molecule has 4 rings (SSSR count). The summed E-state index contributed by atoms with van der Waals surface area (Å²) in [6.07, 6.45) is 2.20. The molecule has 0 bridgehead atoms. The number of halogens is 1.